The Hall–Kier alpha value is -1.70. The number of nitrogens with one attached hydrogen (secondary N) is 1. The van der Waals surface area contributed by atoms with E-state index in [0.717, 1.165) is 12.8 Å². The van der Waals surface area contributed by atoms with E-state index in [0.29, 0.717) is 32.0 Å². The average Bonchev–Trinajstić information content (AvgIpc) is 2.37. The van der Waals surface area contributed by atoms with Crippen LogP contribution in [0.1, 0.15) is 32.6 Å². The second-order valence-electron chi connectivity index (χ2n) is 4.45. The monoisotopic (exact) mass is 252 g/mol. The van der Waals surface area contributed by atoms with Gasteiger partial charge in [-0.15, -0.1) is 5.92 Å². The maximum absolute atomic E-state index is 11.7. The topological polar surface area (TPSA) is 69.6 Å². The summed E-state index contributed by atoms with van der Waals surface area (Å²) in [6.45, 7) is 3.53. The van der Waals surface area contributed by atoms with Crippen LogP contribution in [-0.4, -0.2) is 41.6 Å². The number of urea groups is 1. The Morgan fingerprint density at radius 2 is 2.06 bits per heavy atom. The molecule has 2 N–H and O–H groups in total. The zero-order chi connectivity index (χ0) is 13.4. The van der Waals surface area contributed by atoms with Crippen LogP contribution in [0.4, 0.5) is 4.79 Å². The molecule has 0 radical (unpaired) electrons. The molecule has 1 fully saturated rings. The molecule has 0 atom stereocenters. The number of piperidine rings is 1. The average molecular weight is 252 g/mol. The molecule has 1 saturated heterocycles. The smallest absolute Gasteiger partial charge is 0.318 e. The number of nitrogens with zero attached hydrogens (tertiary/aromatic N) is 1. The van der Waals surface area contributed by atoms with Crippen LogP contribution in [0.15, 0.2) is 0 Å². The lowest BCUT2D eigenvalue weighted by Gasteiger charge is -2.31. The van der Waals surface area contributed by atoms with Gasteiger partial charge in [0, 0.05) is 19.5 Å². The number of rotatable bonds is 4. The number of carboxylic acids is 1. The lowest BCUT2D eigenvalue weighted by molar-refractivity contribution is -0.137. The van der Waals surface area contributed by atoms with E-state index in [1.54, 1.807) is 11.8 Å². The molecule has 100 valence electrons. The normalized spacial score (nSPS) is 15.7. The Morgan fingerprint density at radius 3 is 2.61 bits per heavy atom. The van der Waals surface area contributed by atoms with Crippen LogP contribution in [-0.2, 0) is 4.79 Å². The van der Waals surface area contributed by atoms with Crippen LogP contribution in [0, 0.1) is 17.8 Å². The third-order valence-corrected chi connectivity index (χ3v) is 3.17. The van der Waals surface area contributed by atoms with E-state index in [9.17, 15) is 9.59 Å². The van der Waals surface area contributed by atoms with Gasteiger partial charge in [-0.05, 0) is 32.1 Å². The second-order valence-corrected chi connectivity index (χ2v) is 4.45. The first-order valence-corrected chi connectivity index (χ1v) is 6.27. The molecule has 0 saturated carbocycles. The van der Waals surface area contributed by atoms with E-state index in [1.165, 1.54) is 0 Å². The molecular formula is C13H20N2O3. The van der Waals surface area contributed by atoms with Crippen LogP contribution in [0.25, 0.3) is 0 Å². The van der Waals surface area contributed by atoms with Gasteiger partial charge < -0.3 is 15.3 Å². The fraction of sp³-hybridized carbons (Fsp3) is 0.692. The number of hydrogen-bond donors (Lipinski definition) is 2. The van der Waals surface area contributed by atoms with Gasteiger partial charge in [-0.1, -0.05) is 5.92 Å². The van der Waals surface area contributed by atoms with Gasteiger partial charge in [0.15, 0.2) is 0 Å². The number of carbonyl (C=O) groups excluding carboxylic acids is 1. The standard InChI is InChI=1S/C13H20N2O3/c1-2-3-8-14-13(18)15-9-6-11(7-10-15)4-5-12(16)17/h11H,4-10H2,1H3,(H,14,18)(H,16,17). The molecule has 5 heteroatoms. The first-order valence-electron chi connectivity index (χ1n) is 6.27. The molecule has 0 spiro atoms. The quantitative estimate of drug-likeness (QED) is 0.741. The predicted octanol–water partition coefficient (Wildman–Crippen LogP) is 1.30. The summed E-state index contributed by atoms with van der Waals surface area (Å²) >= 11 is 0. The highest BCUT2D eigenvalue weighted by atomic mass is 16.4. The minimum Gasteiger partial charge on any atom is -0.481 e. The van der Waals surface area contributed by atoms with E-state index in [2.05, 4.69) is 17.2 Å². The highest BCUT2D eigenvalue weighted by molar-refractivity contribution is 5.74. The van der Waals surface area contributed by atoms with Crippen LogP contribution in [0.3, 0.4) is 0 Å². The maximum atomic E-state index is 11.7. The predicted molar refractivity (Wildman–Crippen MR) is 68.0 cm³/mol. The van der Waals surface area contributed by atoms with Crippen molar-refractivity contribution in [2.45, 2.75) is 32.6 Å². The molecule has 0 aromatic heterocycles. The van der Waals surface area contributed by atoms with Crippen LogP contribution in [0.5, 0.6) is 0 Å². The molecule has 5 nitrogen and oxygen atoms in total. The molecule has 0 unspecified atom stereocenters. The van der Waals surface area contributed by atoms with Crippen LogP contribution >= 0.6 is 0 Å². The summed E-state index contributed by atoms with van der Waals surface area (Å²) in [5, 5.41) is 11.4. The summed E-state index contributed by atoms with van der Waals surface area (Å²) < 4.78 is 0. The summed E-state index contributed by atoms with van der Waals surface area (Å²) in [6, 6.07) is -0.0746. The van der Waals surface area contributed by atoms with Crippen molar-refractivity contribution in [2.75, 3.05) is 19.6 Å². The Bertz CT molecular complexity index is 349. The van der Waals surface area contributed by atoms with Gasteiger partial charge in [-0.3, -0.25) is 4.79 Å². The molecule has 0 bridgehead atoms. The molecule has 0 aromatic rings. The van der Waals surface area contributed by atoms with Gasteiger partial charge in [-0.2, -0.15) is 0 Å². The first kappa shape index (κ1) is 14.4. The van der Waals surface area contributed by atoms with Gasteiger partial charge >= 0.3 is 12.0 Å². The van der Waals surface area contributed by atoms with Crippen molar-refractivity contribution in [3.05, 3.63) is 0 Å². The molecule has 1 aliphatic rings. The Balaban J connectivity index is 2.23. The second kappa shape index (κ2) is 7.59. The molecule has 1 rings (SSSR count). The third kappa shape index (κ3) is 5.09. The SMILES string of the molecule is CC#CCNC(=O)N1CCC(CCC(=O)O)CC1. The van der Waals surface area contributed by atoms with E-state index >= 15 is 0 Å². The summed E-state index contributed by atoms with van der Waals surface area (Å²) in [7, 11) is 0. The fourth-order valence-electron chi connectivity index (χ4n) is 2.07. The van der Waals surface area contributed by atoms with Crippen molar-refractivity contribution in [2.24, 2.45) is 5.92 Å². The van der Waals surface area contributed by atoms with Gasteiger partial charge in [0.25, 0.3) is 0 Å². The lowest BCUT2D eigenvalue weighted by atomic mass is 9.92. The fourth-order valence-corrected chi connectivity index (χ4v) is 2.07. The van der Waals surface area contributed by atoms with Gasteiger partial charge in [0.05, 0.1) is 6.54 Å². The highest BCUT2D eigenvalue weighted by Crippen LogP contribution is 2.21. The van der Waals surface area contributed by atoms with Crippen molar-refractivity contribution < 1.29 is 14.7 Å². The number of likely N-dealkylation sites (tertiary alicyclic amines) is 1. The van der Waals surface area contributed by atoms with Crippen LogP contribution < -0.4 is 5.32 Å². The summed E-state index contributed by atoms with van der Waals surface area (Å²) in [6.07, 6.45) is 2.72. The minimum atomic E-state index is -0.742. The Kier molecular flexibility index (Phi) is 6.06. The van der Waals surface area contributed by atoms with Gasteiger partial charge in [0.2, 0.25) is 0 Å². The van der Waals surface area contributed by atoms with E-state index < -0.39 is 5.97 Å². The Labute approximate surface area is 108 Å². The summed E-state index contributed by atoms with van der Waals surface area (Å²) in [5.74, 6) is 5.20. The molecule has 1 heterocycles. The van der Waals surface area contributed by atoms with Crippen molar-refractivity contribution in [1.29, 1.82) is 0 Å². The number of carboxylic acid groups (broad SMARTS) is 1. The number of hydrogen-bond acceptors (Lipinski definition) is 2. The maximum Gasteiger partial charge on any atom is 0.318 e. The largest absolute Gasteiger partial charge is 0.481 e. The highest BCUT2D eigenvalue weighted by Gasteiger charge is 2.22. The first-order chi connectivity index (χ1) is 8.63. The van der Waals surface area contributed by atoms with E-state index in [-0.39, 0.29) is 12.5 Å². The molecular weight excluding hydrogens is 232 g/mol. The van der Waals surface area contributed by atoms with Gasteiger partial charge in [-0.25, -0.2) is 4.79 Å². The summed E-state index contributed by atoms with van der Waals surface area (Å²) in [4.78, 5) is 23.9. The number of aliphatic carboxylic acids is 1. The van der Waals surface area contributed by atoms with Crippen molar-refractivity contribution >= 4 is 12.0 Å². The molecule has 0 aliphatic carbocycles. The molecule has 2 amide bonds. The zero-order valence-corrected chi connectivity index (χ0v) is 10.7. The molecule has 1 aliphatic heterocycles. The number of amides is 2. The molecule has 18 heavy (non-hydrogen) atoms. The minimum absolute atomic E-state index is 0.0746. The molecule has 0 aromatic carbocycles. The lowest BCUT2D eigenvalue weighted by Crippen LogP contribution is -2.44. The third-order valence-electron chi connectivity index (χ3n) is 3.17. The summed E-state index contributed by atoms with van der Waals surface area (Å²) in [5.41, 5.74) is 0. The van der Waals surface area contributed by atoms with Crippen molar-refractivity contribution in [3.8, 4) is 11.8 Å². The van der Waals surface area contributed by atoms with Gasteiger partial charge in [0.1, 0.15) is 0 Å². The van der Waals surface area contributed by atoms with E-state index in [1.807, 2.05) is 0 Å². The Morgan fingerprint density at radius 1 is 1.39 bits per heavy atom. The van der Waals surface area contributed by atoms with Crippen LogP contribution in [0.2, 0.25) is 0 Å². The zero-order valence-electron chi connectivity index (χ0n) is 10.7. The van der Waals surface area contributed by atoms with E-state index in [4.69, 9.17) is 5.11 Å². The van der Waals surface area contributed by atoms with Crippen molar-refractivity contribution in [1.82, 2.24) is 10.2 Å². The number of carbonyl (C=O) groups is 2. The van der Waals surface area contributed by atoms with Crippen molar-refractivity contribution in [3.63, 3.8) is 0 Å².